The van der Waals surface area contributed by atoms with Crippen LogP contribution in [0, 0.1) is 0 Å². The number of nitrogens with zero attached hydrogens (tertiary/aromatic N) is 1. The van der Waals surface area contributed by atoms with Crippen molar-refractivity contribution in [2.45, 2.75) is 24.6 Å². The van der Waals surface area contributed by atoms with Crippen molar-refractivity contribution in [2.75, 3.05) is 13.2 Å². The van der Waals surface area contributed by atoms with Gasteiger partial charge in [0.05, 0.1) is 18.2 Å². The Morgan fingerprint density at radius 3 is 2.08 bits per heavy atom. The molecule has 0 aliphatic rings. The number of carboxylic acids is 1. The largest absolute Gasteiger partial charge is 0.493 e. The minimum absolute atomic E-state index is 0.0619. The summed E-state index contributed by atoms with van der Waals surface area (Å²) in [4.78, 5) is 11.3. The van der Waals surface area contributed by atoms with E-state index >= 15 is 0 Å². The third-order valence-electron chi connectivity index (χ3n) is 8.24. The second-order valence-corrected chi connectivity index (χ2v) is 14.3. The molecule has 0 aliphatic heterocycles. The van der Waals surface area contributed by atoms with Gasteiger partial charge in [-0.1, -0.05) is 122 Å². The molecule has 0 spiro atoms. The number of aromatic nitrogens is 1. The van der Waals surface area contributed by atoms with Gasteiger partial charge in [-0.15, -0.1) is 0 Å². The molecular formula is C39H33Br2ClN2O3S. The molecule has 1 heterocycles. The van der Waals surface area contributed by atoms with Crippen LogP contribution in [0.3, 0.4) is 0 Å². The summed E-state index contributed by atoms with van der Waals surface area (Å²) in [5.41, 5.74) is 7.33. The van der Waals surface area contributed by atoms with Crippen molar-refractivity contribution in [2.24, 2.45) is 0 Å². The molecular weight excluding hydrogens is 772 g/mol. The van der Waals surface area contributed by atoms with Gasteiger partial charge in [-0.25, -0.2) is 4.79 Å². The molecule has 9 heteroatoms. The molecule has 5 nitrogen and oxygen atoms in total. The maximum atomic E-state index is 11.3. The van der Waals surface area contributed by atoms with Crippen molar-refractivity contribution in [3.05, 3.63) is 169 Å². The Bertz CT molecular complexity index is 1940. The van der Waals surface area contributed by atoms with Gasteiger partial charge in [0, 0.05) is 55.7 Å². The zero-order valence-corrected chi connectivity index (χ0v) is 30.7. The smallest absolute Gasteiger partial charge is 0.335 e. The first-order chi connectivity index (χ1) is 23.4. The van der Waals surface area contributed by atoms with Gasteiger partial charge >= 0.3 is 5.97 Å². The van der Waals surface area contributed by atoms with Crippen LogP contribution in [0.2, 0.25) is 5.02 Å². The maximum Gasteiger partial charge on any atom is 0.335 e. The fraction of sp³-hybridized carbons (Fsp3) is 0.154. The minimum atomic E-state index is -0.960. The van der Waals surface area contributed by atoms with Gasteiger partial charge in [0.15, 0.2) is 0 Å². The number of halogens is 3. The summed E-state index contributed by atoms with van der Waals surface area (Å²) in [7, 11) is 0. The second-order valence-electron chi connectivity index (χ2n) is 11.2. The molecule has 5 aromatic carbocycles. The molecule has 0 radical (unpaired) electrons. The van der Waals surface area contributed by atoms with Crippen LogP contribution in [0.15, 0.2) is 130 Å². The number of nitrogens with one attached hydrogen (secondary N) is 1. The fourth-order valence-corrected chi connectivity index (χ4v) is 8.64. The molecule has 1 aromatic heterocycles. The summed E-state index contributed by atoms with van der Waals surface area (Å²) in [5, 5.41) is 11.1. The fourth-order valence-electron chi connectivity index (χ4n) is 6.01. The lowest BCUT2D eigenvalue weighted by Crippen LogP contribution is -2.19. The van der Waals surface area contributed by atoms with E-state index in [-0.39, 0.29) is 11.6 Å². The second kappa shape index (κ2) is 16.2. The van der Waals surface area contributed by atoms with Gasteiger partial charge in [0.1, 0.15) is 5.75 Å². The van der Waals surface area contributed by atoms with Gasteiger partial charge in [-0.2, -0.15) is 0 Å². The highest BCUT2D eigenvalue weighted by Gasteiger charge is 2.25. The first-order valence-electron chi connectivity index (χ1n) is 15.6. The van der Waals surface area contributed by atoms with E-state index in [1.807, 2.05) is 12.1 Å². The molecule has 48 heavy (non-hydrogen) atoms. The predicted octanol–water partition coefficient (Wildman–Crippen LogP) is 10.8. The number of carboxylic acid groups (broad SMARTS) is 1. The highest BCUT2D eigenvalue weighted by atomic mass is 79.9. The Morgan fingerprint density at radius 1 is 0.812 bits per heavy atom. The molecule has 0 amide bonds. The molecule has 0 saturated heterocycles. The quantitative estimate of drug-likeness (QED) is 0.0848. The lowest BCUT2D eigenvalue weighted by Gasteiger charge is -2.25. The third kappa shape index (κ3) is 8.01. The van der Waals surface area contributed by atoms with E-state index < -0.39 is 5.97 Å². The van der Waals surface area contributed by atoms with Crippen LogP contribution in [0.1, 0.15) is 44.3 Å². The number of rotatable bonds is 14. The maximum absolute atomic E-state index is 11.3. The van der Waals surface area contributed by atoms with Crippen LogP contribution in [-0.4, -0.2) is 28.8 Å². The van der Waals surface area contributed by atoms with Crippen molar-refractivity contribution in [3.63, 3.8) is 0 Å². The van der Waals surface area contributed by atoms with Gasteiger partial charge in [0.2, 0.25) is 0 Å². The van der Waals surface area contributed by atoms with Crippen molar-refractivity contribution >= 4 is 72.3 Å². The lowest BCUT2D eigenvalue weighted by atomic mass is 9.97. The highest BCUT2D eigenvalue weighted by Crippen LogP contribution is 2.38. The molecule has 0 saturated carbocycles. The van der Waals surface area contributed by atoms with Crippen molar-refractivity contribution in [1.29, 1.82) is 0 Å². The SMILES string of the molecule is O=C(O)c1ccc(OCCc2c(CCNSCc3c(Br)cccc3Br)n(C(c3ccccc3)c3ccccc3)c3ccc(Cl)cc23)cc1. The van der Waals surface area contributed by atoms with Crippen LogP contribution in [0.4, 0.5) is 0 Å². The molecule has 0 unspecified atom stereocenters. The number of hydrogen-bond acceptors (Lipinski definition) is 4. The van der Waals surface area contributed by atoms with Gasteiger partial charge < -0.3 is 14.4 Å². The summed E-state index contributed by atoms with van der Waals surface area (Å²) in [6.45, 7) is 1.17. The van der Waals surface area contributed by atoms with E-state index in [1.54, 1.807) is 36.2 Å². The first-order valence-corrected chi connectivity index (χ1v) is 18.5. The number of hydrogen-bond donors (Lipinski definition) is 2. The van der Waals surface area contributed by atoms with Crippen molar-refractivity contribution in [3.8, 4) is 5.75 Å². The highest BCUT2D eigenvalue weighted by molar-refractivity contribution is 9.11. The monoisotopic (exact) mass is 802 g/mol. The standard InChI is InChI=1S/C39H33Br2ClN2O3S/c40-34-12-7-13-35(41)33(34)25-48-43-22-20-37-31(21-23-47-30-17-14-28(15-18-30)39(45)46)32-24-29(42)16-19-36(32)44(37)38(26-8-3-1-4-9-26)27-10-5-2-6-11-27/h1-19,24,38,43H,20-23,25H2,(H,45,46). The molecule has 6 aromatic rings. The molecule has 6 rings (SSSR count). The molecule has 0 bridgehead atoms. The van der Waals surface area contributed by atoms with E-state index in [9.17, 15) is 9.90 Å². The van der Waals surface area contributed by atoms with Crippen LogP contribution in [0.5, 0.6) is 5.75 Å². The summed E-state index contributed by atoms with van der Waals surface area (Å²) in [5.74, 6) is 0.475. The number of aromatic carboxylic acids is 1. The van der Waals surface area contributed by atoms with E-state index in [1.165, 1.54) is 27.9 Å². The normalized spacial score (nSPS) is 11.3. The first kappa shape index (κ1) is 34.3. The van der Waals surface area contributed by atoms with E-state index in [4.69, 9.17) is 16.3 Å². The molecule has 2 N–H and O–H groups in total. The van der Waals surface area contributed by atoms with Crippen molar-refractivity contribution < 1.29 is 14.6 Å². The zero-order valence-electron chi connectivity index (χ0n) is 25.9. The number of benzene rings is 5. The van der Waals surface area contributed by atoms with Crippen molar-refractivity contribution in [1.82, 2.24) is 9.29 Å². The topological polar surface area (TPSA) is 63.5 Å². The van der Waals surface area contributed by atoms with E-state index in [0.29, 0.717) is 23.8 Å². The lowest BCUT2D eigenvalue weighted by molar-refractivity contribution is 0.0697. The average Bonchev–Trinajstić information content (AvgIpc) is 3.38. The van der Waals surface area contributed by atoms with E-state index in [0.717, 1.165) is 38.6 Å². The minimum Gasteiger partial charge on any atom is -0.493 e. The third-order valence-corrected chi connectivity index (χ3v) is 10.8. The Kier molecular flexibility index (Phi) is 11.6. The Morgan fingerprint density at radius 2 is 1.46 bits per heavy atom. The van der Waals surface area contributed by atoms with Crippen LogP contribution in [-0.2, 0) is 18.6 Å². The number of fused-ring (bicyclic) bond motifs is 1. The summed E-state index contributed by atoms with van der Waals surface area (Å²) in [6, 6.07) is 40.0. The molecule has 0 fully saturated rings. The summed E-state index contributed by atoms with van der Waals surface area (Å²) >= 11 is 15.7. The van der Waals surface area contributed by atoms with E-state index in [2.05, 4.69) is 126 Å². The molecule has 0 aliphatic carbocycles. The summed E-state index contributed by atoms with van der Waals surface area (Å²) in [6.07, 6.45) is 1.42. The number of carbonyl (C=O) groups is 1. The Hall–Kier alpha value is -3.53. The van der Waals surface area contributed by atoms with Gasteiger partial charge in [-0.05, 0) is 76.9 Å². The van der Waals surface area contributed by atoms with Crippen LogP contribution >= 0.6 is 55.4 Å². The molecule has 0 atom stereocenters. The Balaban J connectivity index is 1.36. The number of ether oxygens (including phenoxy) is 1. The predicted molar refractivity (Wildman–Crippen MR) is 205 cm³/mol. The van der Waals surface area contributed by atoms with Gasteiger partial charge in [-0.3, -0.25) is 4.72 Å². The zero-order chi connectivity index (χ0) is 33.5. The van der Waals surface area contributed by atoms with Crippen LogP contribution < -0.4 is 9.46 Å². The summed E-state index contributed by atoms with van der Waals surface area (Å²) < 4.78 is 14.4. The Labute approximate surface area is 306 Å². The average molecular weight is 805 g/mol. The van der Waals surface area contributed by atoms with Gasteiger partial charge in [0.25, 0.3) is 0 Å². The van der Waals surface area contributed by atoms with Crippen LogP contribution in [0.25, 0.3) is 10.9 Å². The molecule has 244 valence electrons.